The molecule has 0 aromatic heterocycles. The van der Waals surface area contributed by atoms with E-state index in [2.05, 4.69) is 4.74 Å². The predicted molar refractivity (Wildman–Crippen MR) is 67.0 cm³/mol. The molecule has 0 saturated carbocycles. The van der Waals surface area contributed by atoms with Crippen LogP contribution in [0, 0.1) is 6.92 Å². The van der Waals surface area contributed by atoms with Crippen molar-refractivity contribution in [3.05, 3.63) is 27.8 Å². The Hall–Kier alpha value is -1.26. The number of methoxy groups -OCH3 is 1. The molecule has 0 amide bonds. The van der Waals surface area contributed by atoms with Gasteiger partial charge in [0.05, 0.1) is 18.7 Å². The molecule has 1 N–H and O–H groups in total. The first-order valence-electron chi connectivity index (χ1n) is 5.76. The summed E-state index contributed by atoms with van der Waals surface area (Å²) in [5, 5.41) is 10.3. The van der Waals surface area contributed by atoms with Gasteiger partial charge in [-0.3, -0.25) is 0 Å². The van der Waals surface area contributed by atoms with Crippen LogP contribution in [0.15, 0.2) is 6.07 Å². The summed E-state index contributed by atoms with van der Waals surface area (Å²) in [4.78, 5) is 11.4. The molecule has 1 heterocycles. The molecule has 0 radical (unpaired) electrons. The molecule has 0 saturated heterocycles. The van der Waals surface area contributed by atoms with Gasteiger partial charge in [-0.1, -0.05) is 11.6 Å². The minimum absolute atomic E-state index is 0.424. The normalized spacial score (nSPS) is 15.6. The van der Waals surface area contributed by atoms with E-state index in [1.807, 2.05) is 6.92 Å². The number of esters is 1. The van der Waals surface area contributed by atoms with Gasteiger partial charge in [0.15, 0.2) is 6.10 Å². The van der Waals surface area contributed by atoms with Crippen LogP contribution in [0.4, 0.5) is 0 Å². The monoisotopic (exact) mass is 270 g/mol. The molecule has 4 nitrogen and oxygen atoms in total. The molecular formula is C13H15ClO4. The van der Waals surface area contributed by atoms with E-state index in [1.54, 1.807) is 6.07 Å². The summed E-state index contributed by atoms with van der Waals surface area (Å²) >= 11 is 6.12. The first kappa shape index (κ1) is 13.2. The summed E-state index contributed by atoms with van der Waals surface area (Å²) in [6.07, 6.45) is 0.435. The fourth-order valence-corrected chi connectivity index (χ4v) is 2.49. The Morgan fingerprint density at radius 2 is 2.33 bits per heavy atom. The summed E-state index contributed by atoms with van der Waals surface area (Å²) in [7, 11) is 1.24. The summed E-state index contributed by atoms with van der Waals surface area (Å²) in [6.45, 7) is 2.50. The van der Waals surface area contributed by atoms with E-state index in [0.717, 1.165) is 24.0 Å². The lowest BCUT2D eigenvalue weighted by atomic mass is 9.93. The second-order valence-electron chi connectivity index (χ2n) is 4.26. The maximum atomic E-state index is 11.4. The average Bonchev–Trinajstić information content (AvgIpc) is 2.41. The van der Waals surface area contributed by atoms with Crippen LogP contribution in [-0.2, 0) is 16.0 Å². The zero-order valence-electron chi connectivity index (χ0n) is 10.3. The van der Waals surface area contributed by atoms with Gasteiger partial charge in [0.2, 0.25) is 0 Å². The van der Waals surface area contributed by atoms with Gasteiger partial charge in [-0.15, -0.1) is 0 Å². The van der Waals surface area contributed by atoms with E-state index >= 15 is 0 Å². The lowest BCUT2D eigenvalue weighted by molar-refractivity contribution is -0.150. The van der Waals surface area contributed by atoms with E-state index in [9.17, 15) is 9.90 Å². The number of fused-ring (bicyclic) bond motifs is 1. The molecule has 0 bridgehead atoms. The number of hydrogen-bond donors (Lipinski definition) is 1. The fourth-order valence-electron chi connectivity index (χ4n) is 2.20. The van der Waals surface area contributed by atoms with E-state index in [4.69, 9.17) is 16.3 Å². The topological polar surface area (TPSA) is 55.8 Å². The van der Waals surface area contributed by atoms with Crippen molar-refractivity contribution in [2.45, 2.75) is 25.9 Å². The van der Waals surface area contributed by atoms with Gasteiger partial charge in [-0.25, -0.2) is 4.79 Å². The van der Waals surface area contributed by atoms with Crippen molar-refractivity contribution >= 4 is 17.6 Å². The van der Waals surface area contributed by atoms with Gasteiger partial charge >= 0.3 is 5.97 Å². The highest BCUT2D eigenvalue weighted by molar-refractivity contribution is 6.32. The molecule has 1 aliphatic rings. The Bertz CT molecular complexity index is 484. The van der Waals surface area contributed by atoms with Crippen LogP contribution >= 0.6 is 11.6 Å². The number of ether oxygens (including phenoxy) is 2. The Morgan fingerprint density at radius 1 is 1.61 bits per heavy atom. The second-order valence-corrected chi connectivity index (χ2v) is 4.67. The predicted octanol–water partition coefficient (Wildman–Crippen LogP) is 2.18. The second kappa shape index (κ2) is 5.16. The molecule has 0 fully saturated rings. The number of carbonyl (C=O) groups is 1. The van der Waals surface area contributed by atoms with Crippen LogP contribution in [0.5, 0.6) is 5.75 Å². The van der Waals surface area contributed by atoms with E-state index in [0.29, 0.717) is 22.9 Å². The fraction of sp³-hybridized carbons (Fsp3) is 0.462. The molecule has 1 aromatic rings. The minimum Gasteiger partial charge on any atom is -0.492 e. The molecule has 1 aliphatic heterocycles. The molecule has 98 valence electrons. The average molecular weight is 271 g/mol. The lowest BCUT2D eigenvalue weighted by Crippen LogP contribution is -2.17. The highest BCUT2D eigenvalue weighted by atomic mass is 35.5. The Kier molecular flexibility index (Phi) is 3.78. The molecule has 1 aromatic carbocycles. The van der Waals surface area contributed by atoms with E-state index in [1.165, 1.54) is 7.11 Å². The van der Waals surface area contributed by atoms with Crippen molar-refractivity contribution in [2.24, 2.45) is 0 Å². The molecule has 18 heavy (non-hydrogen) atoms. The SMILES string of the molecule is COC(=O)C(O)c1cc(Cl)c2c(c1C)CCCO2. The van der Waals surface area contributed by atoms with Crippen molar-refractivity contribution in [2.75, 3.05) is 13.7 Å². The third kappa shape index (κ3) is 2.18. The van der Waals surface area contributed by atoms with Crippen LogP contribution in [0.3, 0.4) is 0 Å². The molecule has 0 aliphatic carbocycles. The summed E-state index contributed by atoms with van der Waals surface area (Å²) in [5.41, 5.74) is 2.29. The number of aliphatic hydroxyl groups is 1. The zero-order chi connectivity index (χ0) is 13.3. The number of benzene rings is 1. The summed E-state index contributed by atoms with van der Waals surface area (Å²) in [5.74, 6) is -0.0212. The van der Waals surface area contributed by atoms with Crippen LogP contribution in [0.25, 0.3) is 0 Å². The number of carbonyl (C=O) groups excluding carboxylic acids is 1. The third-order valence-electron chi connectivity index (χ3n) is 3.20. The maximum Gasteiger partial charge on any atom is 0.339 e. The van der Waals surface area contributed by atoms with Crippen LogP contribution < -0.4 is 4.74 Å². The minimum atomic E-state index is -1.31. The van der Waals surface area contributed by atoms with Gasteiger partial charge in [0.25, 0.3) is 0 Å². The van der Waals surface area contributed by atoms with Gasteiger partial charge in [0, 0.05) is 0 Å². The van der Waals surface area contributed by atoms with E-state index in [-0.39, 0.29) is 0 Å². The largest absolute Gasteiger partial charge is 0.492 e. The highest BCUT2D eigenvalue weighted by Gasteiger charge is 2.26. The zero-order valence-corrected chi connectivity index (χ0v) is 11.1. The van der Waals surface area contributed by atoms with Crippen molar-refractivity contribution in [1.82, 2.24) is 0 Å². The molecular weight excluding hydrogens is 256 g/mol. The van der Waals surface area contributed by atoms with Gasteiger partial charge < -0.3 is 14.6 Å². The quantitative estimate of drug-likeness (QED) is 0.837. The molecule has 0 spiro atoms. The first-order valence-corrected chi connectivity index (χ1v) is 6.14. The number of aliphatic hydroxyl groups excluding tert-OH is 1. The molecule has 2 rings (SSSR count). The van der Waals surface area contributed by atoms with Crippen LogP contribution in [0.2, 0.25) is 5.02 Å². The van der Waals surface area contributed by atoms with Gasteiger partial charge in [0.1, 0.15) is 5.75 Å². The van der Waals surface area contributed by atoms with Crippen LogP contribution in [-0.4, -0.2) is 24.8 Å². The summed E-state index contributed by atoms with van der Waals surface area (Å²) in [6, 6.07) is 1.57. The van der Waals surface area contributed by atoms with Crippen molar-refractivity contribution < 1.29 is 19.4 Å². The van der Waals surface area contributed by atoms with Gasteiger partial charge in [-0.2, -0.15) is 0 Å². The lowest BCUT2D eigenvalue weighted by Gasteiger charge is -2.23. The van der Waals surface area contributed by atoms with E-state index < -0.39 is 12.1 Å². The van der Waals surface area contributed by atoms with Gasteiger partial charge in [-0.05, 0) is 42.5 Å². The maximum absolute atomic E-state index is 11.4. The molecule has 5 heteroatoms. The summed E-state index contributed by atoms with van der Waals surface area (Å²) < 4.78 is 10.1. The Balaban J connectivity index is 2.50. The number of rotatable bonds is 2. The number of hydrogen-bond acceptors (Lipinski definition) is 4. The third-order valence-corrected chi connectivity index (χ3v) is 3.48. The Labute approximate surface area is 110 Å². The molecule has 1 atom stereocenters. The Morgan fingerprint density at radius 3 is 3.00 bits per heavy atom. The van der Waals surface area contributed by atoms with Crippen LogP contribution in [0.1, 0.15) is 29.2 Å². The van der Waals surface area contributed by atoms with Crippen molar-refractivity contribution in [1.29, 1.82) is 0 Å². The smallest absolute Gasteiger partial charge is 0.339 e. The van der Waals surface area contributed by atoms with Crippen molar-refractivity contribution in [3.63, 3.8) is 0 Å². The highest BCUT2D eigenvalue weighted by Crippen LogP contribution is 2.38. The molecule has 1 unspecified atom stereocenters. The van der Waals surface area contributed by atoms with Crippen molar-refractivity contribution in [3.8, 4) is 5.75 Å². The first-order chi connectivity index (χ1) is 8.56. The number of halogens is 1. The standard InChI is InChI=1S/C13H15ClO4/c1-7-8-4-3-5-18-12(8)10(14)6-9(7)11(15)13(16)17-2/h6,11,15H,3-5H2,1-2H3.